The summed E-state index contributed by atoms with van der Waals surface area (Å²) in [7, 11) is 4.25. The molecule has 0 fully saturated rings. The molecule has 10 heteroatoms. The summed E-state index contributed by atoms with van der Waals surface area (Å²) >= 11 is 13.6. The van der Waals surface area contributed by atoms with Crippen molar-refractivity contribution in [3.63, 3.8) is 0 Å². The minimum atomic E-state index is -0.533. The number of nitrogens with zero attached hydrogens (tertiary/aromatic N) is 2. The molecule has 0 aliphatic rings. The minimum absolute atomic E-state index is 0.161. The molecule has 1 heterocycles. The average Bonchev–Trinajstić information content (AvgIpc) is 3.03. The van der Waals surface area contributed by atoms with Gasteiger partial charge in [-0.05, 0) is 24.3 Å². The predicted molar refractivity (Wildman–Crippen MR) is 111 cm³/mol. The Kier molecular flexibility index (Phi) is 6.46. The van der Waals surface area contributed by atoms with Crippen LogP contribution < -0.4 is 14.3 Å². The smallest absolute Gasteiger partial charge is 0.325 e. The van der Waals surface area contributed by atoms with Crippen LogP contribution in [0, 0.1) is 0 Å². The van der Waals surface area contributed by atoms with Gasteiger partial charge in [0.05, 0.1) is 36.6 Å². The highest BCUT2D eigenvalue weighted by Gasteiger charge is 2.16. The summed E-state index contributed by atoms with van der Waals surface area (Å²) in [6.45, 7) is -0.161. The molecule has 0 aliphatic heterocycles. The molecular formula is C19H16Cl2N2O5S. The molecule has 0 N–H and O–H groups in total. The summed E-state index contributed by atoms with van der Waals surface area (Å²) in [6.07, 6.45) is 0. The first-order valence-corrected chi connectivity index (χ1v) is 9.80. The third-order valence-electron chi connectivity index (χ3n) is 4.01. The number of methoxy groups -OCH3 is 3. The van der Waals surface area contributed by atoms with E-state index < -0.39 is 11.9 Å². The molecule has 1 amide bonds. The van der Waals surface area contributed by atoms with Crippen molar-refractivity contribution in [3.05, 3.63) is 50.7 Å². The first-order chi connectivity index (χ1) is 13.9. The average molecular weight is 455 g/mol. The van der Waals surface area contributed by atoms with Crippen LogP contribution in [0.4, 0.5) is 0 Å². The summed E-state index contributed by atoms with van der Waals surface area (Å²) in [5.74, 6) is -0.129. The maximum atomic E-state index is 12.8. The molecule has 7 nitrogen and oxygen atoms in total. The van der Waals surface area contributed by atoms with Gasteiger partial charge in [-0.2, -0.15) is 4.99 Å². The number of rotatable bonds is 5. The van der Waals surface area contributed by atoms with Gasteiger partial charge in [0.25, 0.3) is 5.91 Å². The Hall–Kier alpha value is -2.55. The normalized spacial score (nSPS) is 11.6. The molecule has 2 aromatic carbocycles. The number of halogens is 2. The Morgan fingerprint density at radius 2 is 1.69 bits per heavy atom. The maximum absolute atomic E-state index is 12.8. The number of esters is 1. The first-order valence-electron chi connectivity index (χ1n) is 8.23. The molecule has 3 rings (SSSR count). The van der Waals surface area contributed by atoms with Crippen LogP contribution in [0.2, 0.25) is 10.0 Å². The van der Waals surface area contributed by atoms with Gasteiger partial charge < -0.3 is 18.8 Å². The van der Waals surface area contributed by atoms with Crippen molar-refractivity contribution in [1.82, 2.24) is 4.57 Å². The van der Waals surface area contributed by atoms with Gasteiger partial charge in [-0.3, -0.25) is 9.59 Å². The van der Waals surface area contributed by atoms with Crippen LogP contribution in [0.3, 0.4) is 0 Å². The van der Waals surface area contributed by atoms with Crippen LogP contribution in [0.5, 0.6) is 11.5 Å². The van der Waals surface area contributed by atoms with E-state index in [0.29, 0.717) is 31.8 Å². The highest BCUT2D eigenvalue weighted by atomic mass is 35.5. The van der Waals surface area contributed by atoms with E-state index >= 15 is 0 Å². The van der Waals surface area contributed by atoms with Gasteiger partial charge in [-0.1, -0.05) is 34.5 Å². The van der Waals surface area contributed by atoms with Crippen LogP contribution in [-0.4, -0.2) is 37.8 Å². The van der Waals surface area contributed by atoms with Crippen LogP contribution in [-0.2, 0) is 16.1 Å². The summed E-state index contributed by atoms with van der Waals surface area (Å²) < 4.78 is 17.4. The predicted octanol–water partition coefficient (Wildman–Crippen LogP) is 3.94. The number of hydrogen-bond acceptors (Lipinski definition) is 6. The molecule has 0 atom stereocenters. The van der Waals surface area contributed by atoms with Crippen molar-refractivity contribution in [2.24, 2.45) is 4.99 Å². The van der Waals surface area contributed by atoms with Gasteiger partial charge in [0.2, 0.25) is 0 Å². The van der Waals surface area contributed by atoms with Crippen LogP contribution >= 0.6 is 34.5 Å². The van der Waals surface area contributed by atoms with Gasteiger partial charge in [0.15, 0.2) is 4.80 Å². The number of aromatic nitrogens is 1. The van der Waals surface area contributed by atoms with E-state index in [0.717, 1.165) is 0 Å². The van der Waals surface area contributed by atoms with E-state index in [1.165, 1.54) is 37.2 Å². The van der Waals surface area contributed by atoms with Crippen molar-refractivity contribution in [3.8, 4) is 11.5 Å². The standard InChI is InChI=1S/C19H16Cl2N2O5S/c1-26-12-4-10(5-13(8-12)27-2)18(25)22-19-23(9-16(24)28-3)17-14(21)6-11(20)7-15(17)29-19/h4-8H,9H2,1-3H3. The largest absolute Gasteiger partial charge is 0.497 e. The Morgan fingerprint density at radius 1 is 1.03 bits per heavy atom. The highest BCUT2D eigenvalue weighted by Crippen LogP contribution is 2.30. The zero-order chi connectivity index (χ0) is 21.1. The van der Waals surface area contributed by atoms with Crippen molar-refractivity contribution < 1.29 is 23.8 Å². The molecule has 3 aromatic rings. The number of amides is 1. The number of fused-ring (bicyclic) bond motifs is 1. The molecule has 0 radical (unpaired) electrons. The molecular weight excluding hydrogens is 439 g/mol. The molecule has 0 spiro atoms. The molecule has 0 bridgehead atoms. The Labute approximate surface area is 180 Å². The van der Waals surface area contributed by atoms with Gasteiger partial charge in [0, 0.05) is 16.7 Å². The van der Waals surface area contributed by atoms with E-state index in [1.54, 1.807) is 30.3 Å². The number of ether oxygens (including phenoxy) is 3. The summed E-state index contributed by atoms with van der Waals surface area (Å²) in [5.41, 5.74) is 0.814. The minimum Gasteiger partial charge on any atom is -0.497 e. The van der Waals surface area contributed by atoms with Gasteiger partial charge >= 0.3 is 5.97 Å². The fourth-order valence-corrected chi connectivity index (χ4v) is 4.45. The Balaban J connectivity index is 2.19. The molecule has 0 unspecified atom stereocenters. The third-order valence-corrected chi connectivity index (χ3v) is 5.54. The van der Waals surface area contributed by atoms with E-state index in [9.17, 15) is 9.59 Å². The fraction of sp³-hybridized carbons (Fsp3) is 0.211. The zero-order valence-corrected chi connectivity index (χ0v) is 18.0. The first kappa shape index (κ1) is 21.2. The molecule has 0 aliphatic carbocycles. The Bertz CT molecular complexity index is 1150. The van der Waals surface area contributed by atoms with E-state index in [4.69, 9.17) is 37.4 Å². The lowest BCUT2D eigenvalue weighted by Crippen LogP contribution is -2.22. The van der Waals surface area contributed by atoms with Crippen molar-refractivity contribution in [2.75, 3.05) is 21.3 Å². The molecule has 152 valence electrons. The summed E-state index contributed by atoms with van der Waals surface area (Å²) in [5, 5.41) is 0.772. The van der Waals surface area contributed by atoms with E-state index in [2.05, 4.69) is 4.99 Å². The van der Waals surface area contributed by atoms with Crippen LogP contribution in [0.15, 0.2) is 35.3 Å². The number of hydrogen-bond donors (Lipinski definition) is 0. The molecule has 0 saturated carbocycles. The SMILES string of the molecule is COC(=O)Cn1c(=NC(=O)c2cc(OC)cc(OC)c2)sc2cc(Cl)cc(Cl)c21. The van der Waals surface area contributed by atoms with Gasteiger partial charge in [0.1, 0.15) is 18.0 Å². The Morgan fingerprint density at radius 3 is 2.28 bits per heavy atom. The lowest BCUT2D eigenvalue weighted by atomic mass is 10.2. The van der Waals surface area contributed by atoms with Crippen molar-refractivity contribution in [1.29, 1.82) is 0 Å². The molecule has 1 aromatic heterocycles. The molecule has 29 heavy (non-hydrogen) atoms. The summed E-state index contributed by atoms with van der Waals surface area (Å²) in [4.78, 5) is 29.2. The second-order valence-electron chi connectivity index (χ2n) is 5.80. The van der Waals surface area contributed by atoms with Crippen LogP contribution in [0.25, 0.3) is 10.2 Å². The van der Waals surface area contributed by atoms with Gasteiger partial charge in [-0.15, -0.1) is 0 Å². The number of thiazole rings is 1. The van der Waals surface area contributed by atoms with E-state index in [1.807, 2.05) is 0 Å². The lowest BCUT2D eigenvalue weighted by Gasteiger charge is -2.07. The number of benzene rings is 2. The second kappa shape index (κ2) is 8.86. The second-order valence-corrected chi connectivity index (χ2v) is 7.65. The topological polar surface area (TPSA) is 79.1 Å². The number of carbonyl (C=O) groups excluding carboxylic acids is 2. The lowest BCUT2D eigenvalue weighted by molar-refractivity contribution is -0.141. The monoisotopic (exact) mass is 454 g/mol. The van der Waals surface area contributed by atoms with Crippen molar-refractivity contribution in [2.45, 2.75) is 6.54 Å². The van der Waals surface area contributed by atoms with Gasteiger partial charge in [-0.25, -0.2) is 0 Å². The maximum Gasteiger partial charge on any atom is 0.325 e. The summed E-state index contributed by atoms with van der Waals surface area (Å²) in [6, 6.07) is 8.01. The fourth-order valence-electron chi connectivity index (χ4n) is 2.64. The molecule has 0 saturated heterocycles. The number of carbonyl (C=O) groups is 2. The zero-order valence-electron chi connectivity index (χ0n) is 15.7. The third kappa shape index (κ3) is 4.55. The van der Waals surface area contributed by atoms with E-state index in [-0.39, 0.29) is 16.9 Å². The van der Waals surface area contributed by atoms with Crippen molar-refractivity contribution >= 4 is 56.6 Å². The van der Waals surface area contributed by atoms with Crippen LogP contribution in [0.1, 0.15) is 10.4 Å². The quantitative estimate of drug-likeness (QED) is 0.545. The highest BCUT2D eigenvalue weighted by molar-refractivity contribution is 7.16.